The predicted octanol–water partition coefficient (Wildman–Crippen LogP) is 2.54. The highest BCUT2D eigenvalue weighted by atomic mass is 35.5. The van der Waals surface area contributed by atoms with Gasteiger partial charge in [0.25, 0.3) is 0 Å². The van der Waals surface area contributed by atoms with Crippen LogP contribution >= 0.6 is 11.6 Å². The fraction of sp³-hybridized carbons (Fsp3) is 0.375. The maximum absolute atomic E-state index is 12.3. The molecule has 24 heavy (non-hydrogen) atoms. The van der Waals surface area contributed by atoms with E-state index in [2.05, 4.69) is 4.99 Å². The first kappa shape index (κ1) is 17.9. The smallest absolute Gasteiger partial charge is 0.344 e. The quantitative estimate of drug-likeness (QED) is 0.821. The van der Waals surface area contributed by atoms with Gasteiger partial charge < -0.3 is 14.7 Å². The van der Waals surface area contributed by atoms with Crippen molar-refractivity contribution in [2.75, 3.05) is 13.2 Å². The Balaban J connectivity index is 2.50. The maximum Gasteiger partial charge on any atom is 0.344 e. The summed E-state index contributed by atoms with van der Waals surface area (Å²) in [5, 5.41) is 9.99. The number of halogens is 1. The number of carboxylic acids is 1. The molecule has 1 aromatic rings. The van der Waals surface area contributed by atoms with Crippen molar-refractivity contribution in [3.63, 3.8) is 0 Å². The summed E-state index contributed by atoms with van der Waals surface area (Å²) in [6.45, 7) is 2.90. The molecule has 0 saturated heterocycles. The normalized spacial score (nSPS) is 20.5. The van der Waals surface area contributed by atoms with Crippen molar-refractivity contribution in [2.45, 2.75) is 19.9 Å². The number of carboxylic acid groups (broad SMARTS) is 1. The van der Waals surface area contributed by atoms with Gasteiger partial charge in [-0.05, 0) is 31.5 Å². The fourth-order valence-electron chi connectivity index (χ4n) is 2.70. The van der Waals surface area contributed by atoms with Crippen molar-refractivity contribution in [1.82, 2.24) is 4.90 Å². The third-order valence-corrected chi connectivity index (χ3v) is 3.92. The van der Waals surface area contributed by atoms with Crippen LogP contribution in [-0.2, 0) is 14.3 Å². The largest absolute Gasteiger partial charge is 0.481 e. The van der Waals surface area contributed by atoms with Crippen LogP contribution in [0.5, 0.6) is 0 Å². The number of hydrogen-bond acceptors (Lipinski definition) is 4. The van der Waals surface area contributed by atoms with Crippen molar-refractivity contribution in [1.29, 1.82) is 0 Å². The van der Waals surface area contributed by atoms with Crippen molar-refractivity contribution in [3.05, 3.63) is 34.9 Å². The Morgan fingerprint density at radius 3 is 2.71 bits per heavy atom. The molecule has 0 aromatic heterocycles. The zero-order valence-corrected chi connectivity index (χ0v) is 14.0. The predicted molar refractivity (Wildman–Crippen MR) is 87.2 cm³/mol. The standard InChI is InChI=1S/C16H17ClN2O5/c1-3-24-12(20)8-19-14(10-5-4-6-11(17)7-10)13(15(21)22)9(2)18-16(19)23/h4-7,13-14H,3,8H2,1-2H3,(H,21,22). The number of hydrogen-bond donors (Lipinski definition) is 1. The van der Waals surface area contributed by atoms with Crippen LogP contribution in [0.3, 0.4) is 0 Å². The van der Waals surface area contributed by atoms with Crippen LogP contribution in [0.15, 0.2) is 29.3 Å². The molecular weight excluding hydrogens is 336 g/mol. The zero-order chi connectivity index (χ0) is 17.9. The molecule has 0 bridgehead atoms. The first-order valence-corrected chi connectivity index (χ1v) is 7.72. The van der Waals surface area contributed by atoms with Gasteiger partial charge in [-0.3, -0.25) is 9.59 Å². The van der Waals surface area contributed by atoms with Crippen molar-refractivity contribution >= 4 is 35.3 Å². The van der Waals surface area contributed by atoms with Crippen LogP contribution < -0.4 is 0 Å². The first-order chi connectivity index (χ1) is 11.3. The summed E-state index contributed by atoms with van der Waals surface area (Å²) >= 11 is 5.99. The van der Waals surface area contributed by atoms with Crippen LogP contribution in [0.1, 0.15) is 25.5 Å². The van der Waals surface area contributed by atoms with Crippen molar-refractivity contribution in [2.24, 2.45) is 10.9 Å². The van der Waals surface area contributed by atoms with Gasteiger partial charge in [0.15, 0.2) is 0 Å². The van der Waals surface area contributed by atoms with Crippen LogP contribution in [0.2, 0.25) is 5.02 Å². The van der Waals surface area contributed by atoms with E-state index in [4.69, 9.17) is 16.3 Å². The second-order valence-electron chi connectivity index (χ2n) is 5.28. The average molecular weight is 353 g/mol. The number of carbonyl (C=O) groups is 3. The van der Waals surface area contributed by atoms with Crippen molar-refractivity contribution in [3.8, 4) is 0 Å². The minimum Gasteiger partial charge on any atom is -0.481 e. The highest BCUT2D eigenvalue weighted by Crippen LogP contribution is 2.35. The minimum absolute atomic E-state index is 0.160. The highest BCUT2D eigenvalue weighted by Gasteiger charge is 2.43. The number of amides is 2. The zero-order valence-electron chi connectivity index (χ0n) is 13.2. The molecule has 1 N–H and O–H groups in total. The maximum atomic E-state index is 12.3. The molecule has 0 fully saturated rings. The molecule has 128 valence electrons. The van der Waals surface area contributed by atoms with E-state index in [-0.39, 0.29) is 18.9 Å². The van der Waals surface area contributed by atoms with E-state index in [0.717, 1.165) is 4.90 Å². The average Bonchev–Trinajstić information content (AvgIpc) is 2.49. The molecule has 2 unspecified atom stereocenters. The molecule has 0 spiro atoms. The molecule has 1 aliphatic rings. The summed E-state index contributed by atoms with van der Waals surface area (Å²) < 4.78 is 4.87. The minimum atomic E-state index is -1.14. The summed E-state index contributed by atoms with van der Waals surface area (Å²) in [5.74, 6) is -2.84. The Bertz CT molecular complexity index is 703. The van der Waals surface area contributed by atoms with E-state index < -0.39 is 29.9 Å². The Morgan fingerprint density at radius 2 is 2.12 bits per heavy atom. The van der Waals surface area contributed by atoms with Crippen LogP contribution in [0.25, 0.3) is 0 Å². The number of urea groups is 1. The van der Waals surface area contributed by atoms with Gasteiger partial charge in [0.1, 0.15) is 12.5 Å². The van der Waals surface area contributed by atoms with Gasteiger partial charge in [-0.2, -0.15) is 0 Å². The summed E-state index contributed by atoms with van der Waals surface area (Å²) in [6.07, 6.45) is 0. The summed E-state index contributed by atoms with van der Waals surface area (Å²) in [4.78, 5) is 40.7. The second-order valence-corrected chi connectivity index (χ2v) is 5.72. The highest BCUT2D eigenvalue weighted by molar-refractivity contribution is 6.30. The Morgan fingerprint density at radius 1 is 1.42 bits per heavy atom. The third-order valence-electron chi connectivity index (χ3n) is 3.68. The number of carbonyl (C=O) groups excluding carboxylic acids is 2. The fourth-order valence-corrected chi connectivity index (χ4v) is 2.90. The Kier molecular flexibility index (Phi) is 5.56. The van der Waals surface area contributed by atoms with Crippen LogP contribution in [0.4, 0.5) is 4.79 Å². The summed E-state index contributed by atoms with van der Waals surface area (Å²) in [5.41, 5.74) is 0.694. The van der Waals surface area contributed by atoms with Gasteiger partial charge in [-0.25, -0.2) is 9.79 Å². The molecule has 2 rings (SSSR count). The molecule has 1 aliphatic heterocycles. The number of aliphatic imine (C=N–C) groups is 1. The van der Waals surface area contributed by atoms with E-state index in [9.17, 15) is 19.5 Å². The Labute approximate surface area is 143 Å². The summed E-state index contributed by atoms with van der Waals surface area (Å²) in [6, 6.07) is 4.97. The van der Waals surface area contributed by atoms with Gasteiger partial charge >= 0.3 is 18.0 Å². The number of rotatable bonds is 5. The van der Waals surface area contributed by atoms with E-state index >= 15 is 0 Å². The molecular formula is C16H17ClN2O5. The van der Waals surface area contributed by atoms with Gasteiger partial charge in [0, 0.05) is 10.7 Å². The summed E-state index contributed by atoms with van der Waals surface area (Å²) in [7, 11) is 0. The lowest BCUT2D eigenvalue weighted by Gasteiger charge is -2.37. The number of benzene rings is 1. The van der Waals surface area contributed by atoms with Gasteiger partial charge in [0.05, 0.1) is 12.6 Å². The lowest BCUT2D eigenvalue weighted by molar-refractivity contribution is -0.147. The molecule has 2 amide bonds. The molecule has 0 radical (unpaired) electrons. The van der Waals surface area contributed by atoms with Crippen molar-refractivity contribution < 1.29 is 24.2 Å². The number of aliphatic carboxylic acids is 1. The van der Waals surface area contributed by atoms with E-state index in [1.807, 2.05) is 0 Å². The lowest BCUT2D eigenvalue weighted by Crippen LogP contribution is -2.48. The molecule has 2 atom stereocenters. The molecule has 0 saturated carbocycles. The van der Waals surface area contributed by atoms with E-state index in [1.165, 1.54) is 6.92 Å². The van der Waals surface area contributed by atoms with Gasteiger partial charge in [-0.15, -0.1) is 0 Å². The third kappa shape index (κ3) is 3.73. The van der Waals surface area contributed by atoms with Crippen LogP contribution in [-0.4, -0.2) is 46.8 Å². The molecule has 8 heteroatoms. The molecule has 0 aliphatic carbocycles. The second kappa shape index (κ2) is 7.44. The molecule has 1 aromatic carbocycles. The van der Waals surface area contributed by atoms with Crippen LogP contribution in [0, 0.1) is 5.92 Å². The van der Waals surface area contributed by atoms with E-state index in [1.54, 1.807) is 31.2 Å². The number of nitrogens with zero attached hydrogens (tertiary/aromatic N) is 2. The lowest BCUT2D eigenvalue weighted by atomic mass is 9.87. The number of ether oxygens (including phenoxy) is 1. The topological polar surface area (TPSA) is 96.3 Å². The van der Waals surface area contributed by atoms with Gasteiger partial charge in [-0.1, -0.05) is 23.7 Å². The number of esters is 1. The first-order valence-electron chi connectivity index (χ1n) is 7.34. The van der Waals surface area contributed by atoms with E-state index in [0.29, 0.717) is 10.6 Å². The molecule has 1 heterocycles. The monoisotopic (exact) mass is 352 g/mol. The van der Waals surface area contributed by atoms with Gasteiger partial charge in [0.2, 0.25) is 0 Å². The SMILES string of the molecule is CCOC(=O)CN1C(=O)N=C(C)C(C(=O)O)C1c1cccc(Cl)c1. The Hall–Kier alpha value is -2.41. The molecule has 7 nitrogen and oxygen atoms in total.